The summed E-state index contributed by atoms with van der Waals surface area (Å²) in [5.74, 6) is 1.67. The van der Waals surface area contributed by atoms with Gasteiger partial charge in [-0.3, -0.25) is 0 Å². The van der Waals surface area contributed by atoms with Gasteiger partial charge in [0.15, 0.2) is 0 Å². The molecule has 0 amide bonds. The van der Waals surface area contributed by atoms with E-state index < -0.39 is 0 Å². The van der Waals surface area contributed by atoms with Crippen LogP contribution >= 0.6 is 0 Å². The SMILES string of the molecule is CNCc1ccc(OC)cc1OCc1ccc(C)c(C)c1. The molecule has 21 heavy (non-hydrogen) atoms. The highest BCUT2D eigenvalue weighted by Crippen LogP contribution is 2.26. The maximum atomic E-state index is 5.99. The van der Waals surface area contributed by atoms with E-state index in [-0.39, 0.29) is 0 Å². The Balaban J connectivity index is 2.15. The van der Waals surface area contributed by atoms with Crippen molar-refractivity contribution in [2.45, 2.75) is 27.0 Å². The highest BCUT2D eigenvalue weighted by molar-refractivity contribution is 5.41. The molecule has 112 valence electrons. The van der Waals surface area contributed by atoms with Crippen LogP contribution in [0.15, 0.2) is 36.4 Å². The first-order valence-corrected chi connectivity index (χ1v) is 7.14. The van der Waals surface area contributed by atoms with Crippen molar-refractivity contribution in [2.75, 3.05) is 14.2 Å². The van der Waals surface area contributed by atoms with E-state index in [1.54, 1.807) is 7.11 Å². The smallest absolute Gasteiger partial charge is 0.127 e. The minimum atomic E-state index is 0.561. The highest BCUT2D eigenvalue weighted by Gasteiger charge is 2.06. The fourth-order valence-electron chi connectivity index (χ4n) is 2.19. The van der Waals surface area contributed by atoms with E-state index in [4.69, 9.17) is 9.47 Å². The fraction of sp³-hybridized carbons (Fsp3) is 0.333. The van der Waals surface area contributed by atoms with Crippen LogP contribution in [-0.4, -0.2) is 14.2 Å². The van der Waals surface area contributed by atoms with Gasteiger partial charge in [-0.05, 0) is 43.7 Å². The van der Waals surface area contributed by atoms with Gasteiger partial charge in [0.05, 0.1) is 7.11 Å². The summed E-state index contributed by atoms with van der Waals surface area (Å²) in [5.41, 5.74) is 4.90. The molecule has 0 atom stereocenters. The maximum Gasteiger partial charge on any atom is 0.127 e. The number of methoxy groups -OCH3 is 1. The minimum Gasteiger partial charge on any atom is -0.497 e. The van der Waals surface area contributed by atoms with E-state index in [0.717, 1.165) is 23.6 Å². The average Bonchev–Trinajstić information content (AvgIpc) is 2.50. The van der Waals surface area contributed by atoms with Crippen molar-refractivity contribution in [1.82, 2.24) is 5.32 Å². The monoisotopic (exact) mass is 285 g/mol. The van der Waals surface area contributed by atoms with E-state index in [2.05, 4.69) is 37.4 Å². The highest BCUT2D eigenvalue weighted by atomic mass is 16.5. The molecule has 1 N–H and O–H groups in total. The van der Waals surface area contributed by atoms with Gasteiger partial charge in [-0.15, -0.1) is 0 Å². The Bertz CT molecular complexity index is 608. The number of hydrogen-bond acceptors (Lipinski definition) is 3. The Kier molecular flexibility index (Phi) is 5.23. The number of ether oxygens (including phenoxy) is 2. The minimum absolute atomic E-state index is 0.561. The Morgan fingerprint density at radius 2 is 1.81 bits per heavy atom. The van der Waals surface area contributed by atoms with Crippen molar-refractivity contribution in [3.63, 3.8) is 0 Å². The zero-order valence-corrected chi connectivity index (χ0v) is 13.2. The number of rotatable bonds is 6. The Hall–Kier alpha value is -2.00. The zero-order chi connectivity index (χ0) is 15.2. The Morgan fingerprint density at radius 3 is 2.48 bits per heavy atom. The van der Waals surface area contributed by atoms with Gasteiger partial charge in [0, 0.05) is 18.2 Å². The summed E-state index contributed by atoms with van der Waals surface area (Å²) in [6.07, 6.45) is 0. The van der Waals surface area contributed by atoms with Crippen LogP contribution < -0.4 is 14.8 Å². The third-order valence-electron chi connectivity index (χ3n) is 3.61. The normalized spacial score (nSPS) is 10.5. The van der Waals surface area contributed by atoms with Gasteiger partial charge >= 0.3 is 0 Å². The Labute approximate surface area is 126 Å². The summed E-state index contributed by atoms with van der Waals surface area (Å²) in [6, 6.07) is 12.3. The second-order valence-electron chi connectivity index (χ2n) is 5.21. The molecule has 0 aliphatic carbocycles. The summed E-state index contributed by atoms with van der Waals surface area (Å²) in [7, 11) is 3.59. The molecule has 0 radical (unpaired) electrons. The maximum absolute atomic E-state index is 5.99. The van der Waals surface area contributed by atoms with Crippen LogP contribution in [0, 0.1) is 13.8 Å². The first-order chi connectivity index (χ1) is 10.1. The molecular formula is C18H23NO2. The lowest BCUT2D eigenvalue weighted by atomic mass is 10.1. The van der Waals surface area contributed by atoms with E-state index in [9.17, 15) is 0 Å². The van der Waals surface area contributed by atoms with E-state index in [1.165, 1.54) is 16.7 Å². The average molecular weight is 285 g/mol. The van der Waals surface area contributed by atoms with Gasteiger partial charge in [-0.1, -0.05) is 24.3 Å². The predicted octanol–water partition coefficient (Wildman–Crippen LogP) is 3.61. The lowest BCUT2D eigenvalue weighted by Gasteiger charge is -2.13. The van der Waals surface area contributed by atoms with Crippen LogP contribution in [0.25, 0.3) is 0 Å². The van der Waals surface area contributed by atoms with Gasteiger partial charge in [-0.25, -0.2) is 0 Å². The third-order valence-corrected chi connectivity index (χ3v) is 3.61. The van der Waals surface area contributed by atoms with E-state index in [0.29, 0.717) is 6.61 Å². The first kappa shape index (κ1) is 15.4. The van der Waals surface area contributed by atoms with Crippen LogP contribution in [0.5, 0.6) is 11.5 Å². The molecule has 0 heterocycles. The van der Waals surface area contributed by atoms with Crippen molar-refractivity contribution in [2.24, 2.45) is 0 Å². The molecule has 0 aliphatic heterocycles. The van der Waals surface area contributed by atoms with E-state index >= 15 is 0 Å². The summed E-state index contributed by atoms with van der Waals surface area (Å²) >= 11 is 0. The number of benzene rings is 2. The molecule has 0 fully saturated rings. The molecule has 0 bridgehead atoms. The molecule has 0 spiro atoms. The van der Waals surface area contributed by atoms with Crippen molar-refractivity contribution in [1.29, 1.82) is 0 Å². The molecule has 0 unspecified atom stereocenters. The van der Waals surface area contributed by atoms with Gasteiger partial charge < -0.3 is 14.8 Å². The van der Waals surface area contributed by atoms with Crippen molar-refractivity contribution < 1.29 is 9.47 Å². The molecule has 0 aromatic heterocycles. The lowest BCUT2D eigenvalue weighted by Crippen LogP contribution is -2.08. The molecule has 3 heteroatoms. The van der Waals surface area contributed by atoms with Crippen molar-refractivity contribution >= 4 is 0 Å². The predicted molar refractivity (Wildman–Crippen MR) is 86.0 cm³/mol. The van der Waals surface area contributed by atoms with Crippen LogP contribution in [0.3, 0.4) is 0 Å². The number of aryl methyl sites for hydroxylation is 2. The van der Waals surface area contributed by atoms with Crippen LogP contribution in [0.1, 0.15) is 22.3 Å². The zero-order valence-electron chi connectivity index (χ0n) is 13.2. The summed E-state index contributed by atoms with van der Waals surface area (Å²) in [4.78, 5) is 0. The molecular weight excluding hydrogens is 262 g/mol. The molecule has 3 nitrogen and oxygen atoms in total. The van der Waals surface area contributed by atoms with Crippen LogP contribution in [-0.2, 0) is 13.2 Å². The van der Waals surface area contributed by atoms with E-state index in [1.807, 2.05) is 25.2 Å². The Morgan fingerprint density at radius 1 is 1.00 bits per heavy atom. The van der Waals surface area contributed by atoms with Gasteiger partial charge in [0.2, 0.25) is 0 Å². The van der Waals surface area contributed by atoms with Gasteiger partial charge in [-0.2, -0.15) is 0 Å². The van der Waals surface area contributed by atoms with Crippen LogP contribution in [0.2, 0.25) is 0 Å². The number of hydrogen-bond donors (Lipinski definition) is 1. The standard InChI is InChI=1S/C18H23NO2/c1-13-5-6-15(9-14(13)2)12-21-18-10-17(20-4)8-7-16(18)11-19-3/h5-10,19H,11-12H2,1-4H3. The molecule has 2 aromatic carbocycles. The van der Waals surface area contributed by atoms with Gasteiger partial charge in [0.1, 0.15) is 18.1 Å². The molecule has 0 saturated heterocycles. The summed E-state index contributed by atoms with van der Waals surface area (Å²) in [6.45, 7) is 5.57. The summed E-state index contributed by atoms with van der Waals surface area (Å²) < 4.78 is 11.3. The summed E-state index contributed by atoms with van der Waals surface area (Å²) in [5, 5.41) is 3.16. The van der Waals surface area contributed by atoms with Gasteiger partial charge in [0.25, 0.3) is 0 Å². The first-order valence-electron chi connectivity index (χ1n) is 7.14. The topological polar surface area (TPSA) is 30.5 Å². The second-order valence-corrected chi connectivity index (χ2v) is 5.21. The molecule has 0 aliphatic rings. The molecule has 2 rings (SSSR count). The van der Waals surface area contributed by atoms with Crippen molar-refractivity contribution in [3.05, 3.63) is 58.7 Å². The fourth-order valence-corrected chi connectivity index (χ4v) is 2.19. The quantitative estimate of drug-likeness (QED) is 0.879. The largest absolute Gasteiger partial charge is 0.497 e. The lowest BCUT2D eigenvalue weighted by molar-refractivity contribution is 0.299. The second kappa shape index (κ2) is 7.14. The third kappa shape index (κ3) is 3.99. The number of nitrogens with one attached hydrogen (secondary N) is 1. The van der Waals surface area contributed by atoms with Crippen molar-refractivity contribution in [3.8, 4) is 11.5 Å². The van der Waals surface area contributed by atoms with Crippen LogP contribution in [0.4, 0.5) is 0 Å². The molecule has 0 saturated carbocycles. The molecule has 2 aromatic rings.